The van der Waals surface area contributed by atoms with E-state index in [4.69, 9.17) is 4.74 Å². The fourth-order valence-corrected chi connectivity index (χ4v) is 2.05. The Kier molecular flexibility index (Phi) is 4.14. The van der Waals surface area contributed by atoms with Crippen molar-refractivity contribution in [3.8, 4) is 0 Å². The van der Waals surface area contributed by atoms with Crippen molar-refractivity contribution in [1.82, 2.24) is 4.90 Å². The van der Waals surface area contributed by atoms with Gasteiger partial charge >= 0.3 is 6.09 Å². The van der Waals surface area contributed by atoms with Gasteiger partial charge in [-0.05, 0) is 5.56 Å². The summed E-state index contributed by atoms with van der Waals surface area (Å²) in [6.45, 7) is 1.77. The van der Waals surface area contributed by atoms with Gasteiger partial charge in [0.05, 0.1) is 6.54 Å². The number of Topliss-reactive ketones (excluding diaryl/α,β-unsaturated/α-hetero) is 1. The lowest BCUT2D eigenvalue weighted by Gasteiger charge is -2.31. The zero-order valence-electron chi connectivity index (χ0n) is 10.7. The van der Waals surface area contributed by atoms with Gasteiger partial charge in [0.2, 0.25) is 0 Å². The molecule has 1 aromatic rings. The monoisotopic (exact) mass is 265 g/mol. The van der Waals surface area contributed by atoms with Gasteiger partial charge in [0.1, 0.15) is 6.61 Å². The Morgan fingerprint density at radius 2 is 2.05 bits per heavy atom. The number of piperidine rings is 1. The average Bonchev–Trinajstić information content (AvgIpc) is 2.42. The summed E-state index contributed by atoms with van der Waals surface area (Å²) in [7, 11) is 0. The molecule has 0 aliphatic carbocycles. The number of likely N-dealkylation sites (tertiary alicyclic amines) is 1. The van der Waals surface area contributed by atoms with Gasteiger partial charge in [-0.15, -0.1) is 0 Å². The minimum Gasteiger partial charge on any atom is -0.445 e. The number of rotatable bonds is 2. The van der Waals surface area contributed by atoms with Gasteiger partial charge in [-0.2, -0.15) is 0 Å². The van der Waals surface area contributed by atoms with Gasteiger partial charge in [0.25, 0.3) is 0 Å². The van der Waals surface area contributed by atoms with Crippen LogP contribution in [0.15, 0.2) is 30.3 Å². The summed E-state index contributed by atoms with van der Waals surface area (Å²) in [4.78, 5) is 24.4. The van der Waals surface area contributed by atoms with Crippen molar-refractivity contribution in [2.45, 2.75) is 19.7 Å². The lowest BCUT2D eigenvalue weighted by Crippen LogP contribution is -2.49. The molecule has 5 heteroatoms. The van der Waals surface area contributed by atoms with E-state index in [1.165, 1.54) is 4.90 Å². The van der Waals surface area contributed by atoms with Crippen molar-refractivity contribution in [1.29, 1.82) is 0 Å². The molecule has 0 bridgehead atoms. The number of carbonyl (C=O) groups excluding carboxylic acids is 2. The third kappa shape index (κ3) is 3.30. The predicted molar refractivity (Wildman–Crippen MR) is 67.3 cm³/mol. The molecule has 1 aliphatic rings. The van der Waals surface area contributed by atoms with Gasteiger partial charge in [-0.1, -0.05) is 37.3 Å². The van der Waals surface area contributed by atoms with E-state index in [1.807, 2.05) is 30.3 Å². The fraction of sp³-hybridized carbons (Fsp3) is 0.429. The number of nitrogens with zero attached hydrogens (tertiary/aromatic N) is 1. The van der Waals surface area contributed by atoms with Crippen molar-refractivity contribution in [2.75, 3.05) is 13.1 Å². The Balaban J connectivity index is 1.88. The molecule has 1 heterocycles. The van der Waals surface area contributed by atoms with Crippen LogP contribution in [0.3, 0.4) is 0 Å². The van der Waals surface area contributed by atoms with E-state index in [0.717, 1.165) is 5.56 Å². The van der Waals surface area contributed by atoms with Crippen LogP contribution < -0.4 is 0 Å². The summed E-state index contributed by atoms with van der Waals surface area (Å²) in [6.07, 6.45) is -2.18. The lowest BCUT2D eigenvalue weighted by molar-refractivity contribution is -0.131. The Bertz CT molecular complexity index is 449. The summed E-state index contributed by atoms with van der Waals surface area (Å²) in [5.41, 5.74) is 0.869. The fourth-order valence-electron chi connectivity index (χ4n) is 2.05. The van der Waals surface area contributed by atoms with Crippen molar-refractivity contribution < 1.29 is 18.7 Å². The van der Waals surface area contributed by atoms with Crippen molar-refractivity contribution in [2.24, 2.45) is 5.92 Å². The largest absolute Gasteiger partial charge is 0.445 e. The zero-order chi connectivity index (χ0) is 13.8. The molecule has 2 atom stereocenters. The van der Waals surface area contributed by atoms with E-state index in [9.17, 15) is 14.0 Å². The summed E-state index contributed by atoms with van der Waals surface area (Å²) in [6, 6.07) is 9.25. The van der Waals surface area contributed by atoms with E-state index in [-0.39, 0.29) is 19.7 Å². The normalized spacial score (nSPS) is 23.3. The third-order valence-electron chi connectivity index (χ3n) is 3.13. The Morgan fingerprint density at radius 3 is 2.68 bits per heavy atom. The van der Waals surface area contributed by atoms with E-state index in [0.29, 0.717) is 0 Å². The molecule has 1 amide bonds. The molecule has 2 rings (SSSR count). The second-order valence-electron chi connectivity index (χ2n) is 4.72. The van der Waals surface area contributed by atoms with Crippen LogP contribution in [0.5, 0.6) is 0 Å². The Morgan fingerprint density at radius 1 is 1.37 bits per heavy atom. The summed E-state index contributed by atoms with van der Waals surface area (Å²) in [5.74, 6) is -0.917. The summed E-state index contributed by atoms with van der Waals surface area (Å²) < 4.78 is 18.5. The maximum absolute atomic E-state index is 13.4. The number of hydrogen-bond acceptors (Lipinski definition) is 3. The van der Waals surface area contributed by atoms with E-state index in [2.05, 4.69) is 0 Å². The van der Waals surface area contributed by atoms with Crippen molar-refractivity contribution in [3.63, 3.8) is 0 Å². The highest BCUT2D eigenvalue weighted by Gasteiger charge is 2.35. The topological polar surface area (TPSA) is 46.6 Å². The van der Waals surface area contributed by atoms with Gasteiger partial charge in [-0.3, -0.25) is 4.79 Å². The quantitative estimate of drug-likeness (QED) is 0.823. The summed E-state index contributed by atoms with van der Waals surface area (Å²) in [5, 5.41) is 0. The standard InChI is InChI=1S/C14H16FNO3/c1-10-7-16(8-12(15)13(10)17)14(18)19-9-11-5-3-2-4-6-11/h2-6,10,12H,7-9H2,1H3. The summed E-state index contributed by atoms with van der Waals surface area (Å²) >= 11 is 0. The van der Waals surface area contributed by atoms with E-state index < -0.39 is 24.0 Å². The van der Waals surface area contributed by atoms with Crippen LogP contribution in [0, 0.1) is 5.92 Å². The molecule has 0 radical (unpaired) electrons. The highest BCUT2D eigenvalue weighted by molar-refractivity contribution is 5.87. The first-order valence-corrected chi connectivity index (χ1v) is 6.21. The third-order valence-corrected chi connectivity index (χ3v) is 3.13. The number of alkyl halides is 1. The highest BCUT2D eigenvalue weighted by atomic mass is 19.1. The maximum Gasteiger partial charge on any atom is 0.410 e. The second-order valence-corrected chi connectivity index (χ2v) is 4.72. The molecule has 0 aromatic heterocycles. The number of ketones is 1. The van der Waals surface area contributed by atoms with Crippen LogP contribution >= 0.6 is 0 Å². The number of carbonyl (C=O) groups is 2. The molecule has 2 unspecified atom stereocenters. The van der Waals surface area contributed by atoms with E-state index >= 15 is 0 Å². The van der Waals surface area contributed by atoms with Crippen LogP contribution in [-0.2, 0) is 16.1 Å². The van der Waals surface area contributed by atoms with E-state index in [1.54, 1.807) is 6.92 Å². The molecular formula is C14H16FNO3. The number of ether oxygens (including phenoxy) is 1. The molecule has 4 nitrogen and oxygen atoms in total. The first-order valence-electron chi connectivity index (χ1n) is 6.21. The Hall–Kier alpha value is -1.91. The lowest BCUT2D eigenvalue weighted by atomic mass is 9.97. The minimum atomic E-state index is -1.60. The molecule has 1 aromatic carbocycles. The number of amides is 1. The van der Waals surface area contributed by atoms with Gasteiger partial charge in [0, 0.05) is 12.5 Å². The van der Waals surface area contributed by atoms with Crippen molar-refractivity contribution in [3.05, 3.63) is 35.9 Å². The number of hydrogen-bond donors (Lipinski definition) is 0. The van der Waals surface area contributed by atoms with Crippen LogP contribution in [-0.4, -0.2) is 36.0 Å². The molecule has 19 heavy (non-hydrogen) atoms. The predicted octanol–water partition coefficient (Wildman–Crippen LogP) is 2.18. The van der Waals surface area contributed by atoms with Crippen LogP contribution in [0.25, 0.3) is 0 Å². The molecule has 102 valence electrons. The molecule has 1 fully saturated rings. The molecule has 0 N–H and O–H groups in total. The molecular weight excluding hydrogens is 249 g/mol. The van der Waals surface area contributed by atoms with Crippen LogP contribution in [0.4, 0.5) is 9.18 Å². The number of halogens is 1. The molecule has 1 aliphatic heterocycles. The van der Waals surface area contributed by atoms with Crippen LogP contribution in [0.1, 0.15) is 12.5 Å². The van der Waals surface area contributed by atoms with Crippen molar-refractivity contribution >= 4 is 11.9 Å². The number of benzene rings is 1. The smallest absolute Gasteiger partial charge is 0.410 e. The Labute approximate surface area is 111 Å². The highest BCUT2D eigenvalue weighted by Crippen LogP contribution is 2.16. The first-order chi connectivity index (χ1) is 9.08. The van der Waals surface area contributed by atoms with Gasteiger partial charge in [-0.25, -0.2) is 9.18 Å². The molecule has 0 spiro atoms. The first kappa shape index (κ1) is 13.5. The SMILES string of the molecule is CC1CN(C(=O)OCc2ccccc2)CC(F)C1=O. The van der Waals surface area contributed by atoms with Gasteiger partial charge < -0.3 is 9.64 Å². The second kappa shape index (κ2) is 5.82. The molecule has 0 saturated carbocycles. The average molecular weight is 265 g/mol. The maximum atomic E-state index is 13.4. The van der Waals surface area contributed by atoms with Crippen LogP contribution in [0.2, 0.25) is 0 Å². The molecule has 1 saturated heterocycles. The minimum absolute atomic E-state index is 0.148. The zero-order valence-corrected chi connectivity index (χ0v) is 10.7. The van der Waals surface area contributed by atoms with Gasteiger partial charge in [0.15, 0.2) is 12.0 Å².